The van der Waals surface area contributed by atoms with E-state index in [1.807, 2.05) is 38.1 Å². The highest BCUT2D eigenvalue weighted by Crippen LogP contribution is 2.31. The van der Waals surface area contributed by atoms with Crippen LogP contribution in [0.2, 0.25) is 5.02 Å². The fourth-order valence-corrected chi connectivity index (χ4v) is 3.14. The van der Waals surface area contributed by atoms with Crippen molar-refractivity contribution in [1.82, 2.24) is 4.98 Å². The summed E-state index contributed by atoms with van der Waals surface area (Å²) in [7, 11) is 0. The first-order valence-corrected chi connectivity index (χ1v) is 9.62. The molecule has 1 aromatic heterocycles. The van der Waals surface area contributed by atoms with Gasteiger partial charge in [0, 0.05) is 11.1 Å². The van der Waals surface area contributed by atoms with Crippen molar-refractivity contribution < 1.29 is 13.9 Å². The average molecular weight is 407 g/mol. The van der Waals surface area contributed by atoms with Crippen LogP contribution in [-0.2, 0) is 0 Å². The molecule has 1 amide bonds. The lowest BCUT2D eigenvalue weighted by atomic mass is 10.1. The molecule has 4 aromatic rings. The Morgan fingerprint density at radius 1 is 1.10 bits per heavy atom. The molecule has 5 nitrogen and oxygen atoms in total. The Hall–Kier alpha value is -3.31. The maximum absolute atomic E-state index is 12.6. The minimum absolute atomic E-state index is 0.264. The Labute approximate surface area is 173 Å². The van der Waals surface area contributed by atoms with Crippen LogP contribution < -0.4 is 10.1 Å². The molecule has 146 valence electrons. The molecule has 6 heteroatoms. The number of halogens is 1. The number of nitrogens with zero attached hydrogens (tertiary/aromatic N) is 1. The molecule has 0 bridgehead atoms. The summed E-state index contributed by atoms with van der Waals surface area (Å²) >= 11 is 6.30. The number of anilines is 1. The van der Waals surface area contributed by atoms with Crippen molar-refractivity contribution in [2.45, 2.75) is 13.8 Å². The second-order valence-corrected chi connectivity index (χ2v) is 7.00. The third-order valence-electron chi connectivity index (χ3n) is 4.43. The third-order valence-corrected chi connectivity index (χ3v) is 4.76. The zero-order valence-corrected chi connectivity index (χ0v) is 16.8. The van der Waals surface area contributed by atoms with E-state index in [1.165, 1.54) is 0 Å². The number of ether oxygens (including phenoxy) is 1. The summed E-state index contributed by atoms with van der Waals surface area (Å²) in [4.78, 5) is 17.1. The van der Waals surface area contributed by atoms with Gasteiger partial charge in [0.05, 0.1) is 17.3 Å². The van der Waals surface area contributed by atoms with Gasteiger partial charge >= 0.3 is 0 Å². The van der Waals surface area contributed by atoms with Gasteiger partial charge in [-0.05, 0) is 74.0 Å². The smallest absolute Gasteiger partial charge is 0.255 e. The Bertz CT molecular complexity index is 1180. The summed E-state index contributed by atoms with van der Waals surface area (Å²) in [5, 5.41) is 3.28. The zero-order chi connectivity index (χ0) is 20.4. The van der Waals surface area contributed by atoms with Crippen molar-refractivity contribution >= 4 is 34.3 Å². The fourth-order valence-electron chi connectivity index (χ4n) is 2.97. The van der Waals surface area contributed by atoms with Crippen LogP contribution in [0.3, 0.4) is 0 Å². The molecular formula is C23H19ClN2O3. The van der Waals surface area contributed by atoms with Gasteiger partial charge in [-0.3, -0.25) is 4.79 Å². The van der Waals surface area contributed by atoms with Crippen LogP contribution in [0.25, 0.3) is 22.6 Å². The second-order valence-electron chi connectivity index (χ2n) is 6.60. The number of carbonyl (C=O) groups is 1. The number of hydrogen-bond donors (Lipinski definition) is 1. The van der Waals surface area contributed by atoms with Gasteiger partial charge in [0.15, 0.2) is 5.58 Å². The molecule has 0 radical (unpaired) electrons. The number of fused-ring (bicyclic) bond motifs is 1. The topological polar surface area (TPSA) is 64.4 Å². The molecule has 3 aromatic carbocycles. The number of rotatable bonds is 5. The third kappa shape index (κ3) is 4.10. The summed E-state index contributed by atoms with van der Waals surface area (Å²) in [6.07, 6.45) is 0. The van der Waals surface area contributed by atoms with E-state index in [1.54, 1.807) is 36.4 Å². The van der Waals surface area contributed by atoms with E-state index >= 15 is 0 Å². The Morgan fingerprint density at radius 3 is 2.66 bits per heavy atom. The van der Waals surface area contributed by atoms with Gasteiger partial charge in [-0.2, -0.15) is 0 Å². The van der Waals surface area contributed by atoms with Crippen molar-refractivity contribution in [2.75, 3.05) is 11.9 Å². The number of hydrogen-bond acceptors (Lipinski definition) is 4. The van der Waals surface area contributed by atoms with Gasteiger partial charge in [-0.25, -0.2) is 4.98 Å². The van der Waals surface area contributed by atoms with E-state index in [2.05, 4.69) is 10.3 Å². The van der Waals surface area contributed by atoms with Crippen LogP contribution in [0.5, 0.6) is 5.75 Å². The Kier molecular flexibility index (Phi) is 5.23. The monoisotopic (exact) mass is 406 g/mol. The number of aromatic nitrogens is 1. The second kappa shape index (κ2) is 7.97. The van der Waals surface area contributed by atoms with Crippen molar-refractivity contribution in [3.63, 3.8) is 0 Å². The van der Waals surface area contributed by atoms with Crippen LogP contribution >= 0.6 is 11.6 Å². The Balaban J connectivity index is 1.60. The van der Waals surface area contributed by atoms with E-state index in [-0.39, 0.29) is 5.91 Å². The number of nitrogens with one attached hydrogen (secondary N) is 1. The molecule has 0 saturated carbocycles. The number of aryl methyl sites for hydroxylation is 1. The first-order chi connectivity index (χ1) is 14.0. The maximum Gasteiger partial charge on any atom is 0.255 e. The minimum Gasteiger partial charge on any atom is -0.494 e. The molecule has 0 fully saturated rings. The van der Waals surface area contributed by atoms with E-state index in [0.29, 0.717) is 28.8 Å². The lowest BCUT2D eigenvalue weighted by Gasteiger charge is -2.09. The first kappa shape index (κ1) is 19.0. The highest BCUT2D eigenvalue weighted by Gasteiger charge is 2.13. The van der Waals surface area contributed by atoms with Crippen molar-refractivity contribution in [3.8, 4) is 17.2 Å². The summed E-state index contributed by atoms with van der Waals surface area (Å²) in [6, 6.07) is 18.1. The highest BCUT2D eigenvalue weighted by molar-refractivity contribution is 6.34. The predicted octanol–water partition coefficient (Wildman–Crippen LogP) is 6.11. The van der Waals surface area contributed by atoms with Crippen molar-refractivity contribution in [3.05, 3.63) is 76.8 Å². The molecule has 0 spiro atoms. The molecule has 0 unspecified atom stereocenters. The van der Waals surface area contributed by atoms with Gasteiger partial charge < -0.3 is 14.5 Å². The molecule has 0 aliphatic heterocycles. The zero-order valence-electron chi connectivity index (χ0n) is 16.0. The highest BCUT2D eigenvalue weighted by atomic mass is 35.5. The number of carbonyl (C=O) groups excluding carboxylic acids is 1. The van der Waals surface area contributed by atoms with E-state index in [4.69, 9.17) is 20.8 Å². The Morgan fingerprint density at radius 2 is 1.90 bits per heavy atom. The summed E-state index contributed by atoms with van der Waals surface area (Å²) in [6.45, 7) is 4.48. The number of benzene rings is 3. The van der Waals surface area contributed by atoms with E-state index in [0.717, 1.165) is 28.0 Å². The van der Waals surface area contributed by atoms with Crippen molar-refractivity contribution in [1.29, 1.82) is 0 Å². The predicted molar refractivity (Wildman–Crippen MR) is 115 cm³/mol. The van der Waals surface area contributed by atoms with E-state index in [9.17, 15) is 4.79 Å². The normalized spacial score (nSPS) is 10.9. The number of amides is 1. The largest absolute Gasteiger partial charge is 0.494 e. The fraction of sp³-hybridized carbons (Fsp3) is 0.130. The molecule has 29 heavy (non-hydrogen) atoms. The van der Waals surface area contributed by atoms with Gasteiger partial charge in [0.25, 0.3) is 5.91 Å². The summed E-state index contributed by atoms with van der Waals surface area (Å²) in [5.41, 5.74) is 4.31. The standard InChI is InChI=1S/C23H19ClN2O3/c1-3-28-17-8-5-15(6-9-17)22(27)25-20-13-16(7-10-18(20)24)23-26-19-11-4-14(2)12-21(19)29-23/h4-13H,3H2,1-2H3,(H,25,27). The van der Waals surface area contributed by atoms with Crippen LogP contribution in [-0.4, -0.2) is 17.5 Å². The minimum atomic E-state index is -0.264. The SMILES string of the molecule is CCOc1ccc(C(=O)Nc2cc(-c3nc4ccc(C)cc4o3)ccc2Cl)cc1. The molecular weight excluding hydrogens is 388 g/mol. The van der Waals surface area contributed by atoms with Gasteiger partial charge in [-0.15, -0.1) is 0 Å². The quantitative estimate of drug-likeness (QED) is 0.434. The van der Waals surface area contributed by atoms with Gasteiger partial charge in [0.2, 0.25) is 5.89 Å². The van der Waals surface area contributed by atoms with Crippen molar-refractivity contribution in [2.24, 2.45) is 0 Å². The average Bonchev–Trinajstić information content (AvgIpc) is 3.13. The van der Waals surface area contributed by atoms with Gasteiger partial charge in [0.1, 0.15) is 11.3 Å². The van der Waals surface area contributed by atoms with Crippen LogP contribution in [0.1, 0.15) is 22.8 Å². The lowest BCUT2D eigenvalue weighted by molar-refractivity contribution is 0.102. The summed E-state index contributed by atoms with van der Waals surface area (Å²) in [5.74, 6) is 0.925. The number of oxazole rings is 1. The lowest BCUT2D eigenvalue weighted by Crippen LogP contribution is -2.12. The van der Waals surface area contributed by atoms with Crippen LogP contribution in [0.4, 0.5) is 5.69 Å². The first-order valence-electron chi connectivity index (χ1n) is 9.25. The molecule has 0 atom stereocenters. The molecule has 0 aliphatic carbocycles. The van der Waals surface area contributed by atoms with E-state index < -0.39 is 0 Å². The van der Waals surface area contributed by atoms with Gasteiger partial charge in [-0.1, -0.05) is 17.7 Å². The molecule has 4 rings (SSSR count). The molecule has 0 aliphatic rings. The maximum atomic E-state index is 12.6. The van der Waals surface area contributed by atoms with Crippen LogP contribution in [0, 0.1) is 6.92 Å². The van der Waals surface area contributed by atoms with Crippen LogP contribution in [0.15, 0.2) is 65.1 Å². The molecule has 1 N–H and O–H groups in total. The summed E-state index contributed by atoms with van der Waals surface area (Å²) < 4.78 is 11.3. The molecule has 0 saturated heterocycles. The molecule has 1 heterocycles.